The summed E-state index contributed by atoms with van der Waals surface area (Å²) in [6.07, 6.45) is -1.88. The SMILES string of the molecule is Cn1c(C(=O)NC(CCO)C2CC2)cc2cc(C(F)(F)F)ccc21. The van der Waals surface area contributed by atoms with Gasteiger partial charge < -0.3 is 15.0 Å². The Morgan fingerprint density at radius 2 is 2.08 bits per heavy atom. The van der Waals surface area contributed by atoms with Gasteiger partial charge in [-0.15, -0.1) is 0 Å². The molecule has 1 amide bonds. The Bertz CT molecular complexity index is 763. The van der Waals surface area contributed by atoms with Gasteiger partial charge in [0, 0.05) is 30.6 Å². The summed E-state index contributed by atoms with van der Waals surface area (Å²) in [5.74, 6) is 0.0558. The van der Waals surface area contributed by atoms with E-state index in [0.717, 1.165) is 25.0 Å². The number of aliphatic hydroxyl groups excluding tert-OH is 1. The molecule has 1 aromatic heterocycles. The van der Waals surface area contributed by atoms with E-state index in [1.165, 1.54) is 12.1 Å². The molecular weight excluding hydrogens is 321 g/mol. The third kappa shape index (κ3) is 3.26. The van der Waals surface area contributed by atoms with E-state index in [2.05, 4.69) is 5.32 Å². The van der Waals surface area contributed by atoms with Crippen LogP contribution in [0.25, 0.3) is 10.9 Å². The van der Waals surface area contributed by atoms with Crippen LogP contribution < -0.4 is 5.32 Å². The Balaban J connectivity index is 1.88. The van der Waals surface area contributed by atoms with Gasteiger partial charge in [-0.1, -0.05) is 0 Å². The molecule has 4 nitrogen and oxygen atoms in total. The molecule has 1 aromatic carbocycles. The predicted octanol–water partition coefficient (Wildman–Crippen LogP) is 3.09. The van der Waals surface area contributed by atoms with Crippen LogP contribution in [0, 0.1) is 5.92 Å². The molecule has 1 aliphatic rings. The number of hydrogen-bond acceptors (Lipinski definition) is 2. The Hall–Kier alpha value is -2.02. The van der Waals surface area contributed by atoms with Crippen LogP contribution >= 0.6 is 0 Å². The molecule has 1 unspecified atom stereocenters. The molecule has 1 aliphatic carbocycles. The van der Waals surface area contributed by atoms with Crippen LogP contribution in [-0.2, 0) is 13.2 Å². The number of nitrogens with zero attached hydrogens (tertiary/aromatic N) is 1. The van der Waals surface area contributed by atoms with E-state index < -0.39 is 11.7 Å². The number of aromatic nitrogens is 1. The molecule has 0 spiro atoms. The quantitative estimate of drug-likeness (QED) is 0.879. The van der Waals surface area contributed by atoms with Crippen molar-refractivity contribution in [3.8, 4) is 0 Å². The lowest BCUT2D eigenvalue weighted by Gasteiger charge is -2.17. The van der Waals surface area contributed by atoms with Crippen molar-refractivity contribution in [1.29, 1.82) is 0 Å². The van der Waals surface area contributed by atoms with Crippen molar-refractivity contribution in [3.63, 3.8) is 0 Å². The maximum atomic E-state index is 12.8. The number of hydrogen-bond donors (Lipinski definition) is 2. The zero-order valence-corrected chi connectivity index (χ0v) is 13.2. The number of halogens is 3. The number of carbonyl (C=O) groups excluding carboxylic acids is 1. The fourth-order valence-electron chi connectivity index (χ4n) is 3.05. The number of alkyl halides is 3. The second kappa shape index (κ2) is 6.12. The van der Waals surface area contributed by atoms with Gasteiger partial charge in [0.1, 0.15) is 5.69 Å². The fourth-order valence-corrected chi connectivity index (χ4v) is 3.05. The zero-order chi connectivity index (χ0) is 17.5. The number of fused-ring (bicyclic) bond motifs is 1. The first-order chi connectivity index (χ1) is 11.3. The van der Waals surface area contributed by atoms with Crippen molar-refractivity contribution in [2.75, 3.05) is 6.61 Å². The summed E-state index contributed by atoms with van der Waals surface area (Å²) in [6.45, 7) is -0.00843. The van der Waals surface area contributed by atoms with Gasteiger partial charge in [0.15, 0.2) is 0 Å². The Kier molecular flexibility index (Phi) is 4.29. The molecule has 130 valence electrons. The first kappa shape index (κ1) is 16.8. The van der Waals surface area contributed by atoms with Crippen molar-refractivity contribution in [2.45, 2.75) is 31.5 Å². The van der Waals surface area contributed by atoms with E-state index in [9.17, 15) is 18.0 Å². The number of nitrogens with one attached hydrogen (secondary N) is 1. The standard InChI is InChI=1S/C17H19F3N2O2/c1-22-14-5-4-12(17(18,19)20)8-11(14)9-15(22)16(24)21-13(6-7-23)10-2-3-10/h4-5,8-10,13,23H,2-3,6-7H2,1H3,(H,21,24). The first-order valence-corrected chi connectivity index (χ1v) is 7.89. The van der Waals surface area contributed by atoms with Crippen molar-refractivity contribution in [1.82, 2.24) is 9.88 Å². The second-order valence-corrected chi connectivity index (χ2v) is 6.29. The van der Waals surface area contributed by atoms with Gasteiger partial charge in [0.05, 0.1) is 5.56 Å². The Morgan fingerprint density at radius 3 is 2.67 bits per heavy atom. The molecule has 2 N–H and O–H groups in total. The van der Waals surface area contributed by atoms with Crippen molar-refractivity contribution < 1.29 is 23.1 Å². The number of rotatable bonds is 5. The average Bonchev–Trinajstić information content (AvgIpc) is 3.30. The molecule has 1 heterocycles. The number of amides is 1. The van der Waals surface area contributed by atoms with Gasteiger partial charge in [0.25, 0.3) is 5.91 Å². The monoisotopic (exact) mass is 340 g/mol. The lowest BCUT2D eigenvalue weighted by molar-refractivity contribution is -0.137. The third-order valence-electron chi connectivity index (χ3n) is 4.55. The normalized spacial score (nSPS) is 16.4. The molecule has 0 radical (unpaired) electrons. The molecule has 2 aromatic rings. The highest BCUT2D eigenvalue weighted by molar-refractivity contribution is 5.99. The molecule has 0 saturated heterocycles. The first-order valence-electron chi connectivity index (χ1n) is 7.89. The van der Waals surface area contributed by atoms with Gasteiger partial charge in [-0.3, -0.25) is 4.79 Å². The largest absolute Gasteiger partial charge is 0.416 e. The second-order valence-electron chi connectivity index (χ2n) is 6.29. The smallest absolute Gasteiger partial charge is 0.396 e. The summed E-state index contributed by atoms with van der Waals surface area (Å²) in [5, 5.41) is 12.4. The molecule has 24 heavy (non-hydrogen) atoms. The minimum atomic E-state index is -4.41. The maximum Gasteiger partial charge on any atom is 0.416 e. The highest BCUT2D eigenvalue weighted by Crippen LogP contribution is 2.34. The molecule has 1 atom stereocenters. The number of aliphatic hydroxyl groups is 1. The lowest BCUT2D eigenvalue weighted by atomic mass is 10.1. The summed E-state index contributed by atoms with van der Waals surface area (Å²) in [5.41, 5.74) is 0.148. The minimum Gasteiger partial charge on any atom is -0.396 e. The van der Waals surface area contributed by atoms with Crippen LogP contribution in [0.3, 0.4) is 0 Å². The van der Waals surface area contributed by atoms with Gasteiger partial charge in [0.2, 0.25) is 0 Å². The predicted molar refractivity (Wildman–Crippen MR) is 83.6 cm³/mol. The highest BCUT2D eigenvalue weighted by Gasteiger charge is 2.33. The topological polar surface area (TPSA) is 54.3 Å². The molecule has 3 rings (SSSR count). The Labute approximate surface area is 137 Å². The fraction of sp³-hybridized carbons (Fsp3) is 0.471. The van der Waals surface area contributed by atoms with Crippen molar-refractivity contribution in [2.24, 2.45) is 13.0 Å². The summed E-state index contributed by atoms with van der Waals surface area (Å²) >= 11 is 0. The van der Waals surface area contributed by atoms with Crippen molar-refractivity contribution >= 4 is 16.8 Å². The van der Waals surface area contributed by atoms with Crippen molar-refractivity contribution in [3.05, 3.63) is 35.5 Å². The molecule has 0 aliphatic heterocycles. The summed E-state index contributed by atoms with van der Waals surface area (Å²) in [4.78, 5) is 12.5. The van der Waals surface area contributed by atoms with Gasteiger partial charge in [-0.05, 0) is 49.4 Å². The molecular formula is C17H19F3N2O2. The van der Waals surface area contributed by atoms with Gasteiger partial charge in [-0.25, -0.2) is 0 Å². The van der Waals surface area contributed by atoms with Crippen LogP contribution in [0.1, 0.15) is 35.3 Å². The van der Waals surface area contributed by atoms with Crippen LogP contribution in [-0.4, -0.2) is 28.2 Å². The van der Waals surface area contributed by atoms with E-state index in [0.29, 0.717) is 28.9 Å². The molecule has 1 fully saturated rings. The summed E-state index contributed by atoms with van der Waals surface area (Å²) < 4.78 is 40.1. The average molecular weight is 340 g/mol. The highest BCUT2D eigenvalue weighted by atomic mass is 19.4. The van der Waals surface area contributed by atoms with E-state index in [4.69, 9.17) is 5.11 Å². The van der Waals surface area contributed by atoms with E-state index in [1.807, 2.05) is 0 Å². The van der Waals surface area contributed by atoms with Crippen LogP contribution in [0.2, 0.25) is 0 Å². The van der Waals surface area contributed by atoms with Gasteiger partial charge in [-0.2, -0.15) is 13.2 Å². The molecule has 7 heteroatoms. The minimum absolute atomic E-state index is 0.00843. The molecule has 1 saturated carbocycles. The maximum absolute atomic E-state index is 12.8. The van der Waals surface area contributed by atoms with E-state index >= 15 is 0 Å². The van der Waals surface area contributed by atoms with Crippen LogP contribution in [0.5, 0.6) is 0 Å². The zero-order valence-electron chi connectivity index (χ0n) is 13.2. The number of benzene rings is 1. The summed E-state index contributed by atoms with van der Waals surface area (Å²) in [7, 11) is 1.66. The van der Waals surface area contributed by atoms with Gasteiger partial charge >= 0.3 is 6.18 Å². The van der Waals surface area contributed by atoms with Crippen LogP contribution in [0.15, 0.2) is 24.3 Å². The number of aryl methyl sites for hydroxylation is 1. The third-order valence-corrected chi connectivity index (χ3v) is 4.55. The van der Waals surface area contributed by atoms with Crippen LogP contribution in [0.4, 0.5) is 13.2 Å². The lowest BCUT2D eigenvalue weighted by Crippen LogP contribution is -2.37. The van der Waals surface area contributed by atoms with E-state index in [-0.39, 0.29) is 18.6 Å². The summed E-state index contributed by atoms with van der Waals surface area (Å²) in [6, 6.07) is 4.83. The number of carbonyl (C=O) groups is 1. The Morgan fingerprint density at radius 1 is 1.38 bits per heavy atom. The molecule has 0 bridgehead atoms. The van der Waals surface area contributed by atoms with E-state index in [1.54, 1.807) is 11.6 Å².